The van der Waals surface area contributed by atoms with E-state index in [9.17, 15) is 9.50 Å². The summed E-state index contributed by atoms with van der Waals surface area (Å²) in [4.78, 5) is 0. The minimum atomic E-state index is -0.112. The second kappa shape index (κ2) is 4.94. The molecule has 0 saturated carbocycles. The van der Waals surface area contributed by atoms with Gasteiger partial charge in [0.1, 0.15) is 11.6 Å². The van der Waals surface area contributed by atoms with Gasteiger partial charge in [-0.3, -0.25) is 0 Å². The van der Waals surface area contributed by atoms with Crippen molar-refractivity contribution in [3.8, 4) is 5.75 Å². The normalized spacial score (nSPS) is 18.1. The number of rotatable bonds is 1. The number of phenols is 1. The zero-order chi connectivity index (χ0) is 13.4. The van der Waals surface area contributed by atoms with Gasteiger partial charge >= 0.3 is 0 Å². The fraction of sp³-hybridized carbons (Fsp3) is 0.250. The smallest absolute Gasteiger partial charge is 0.127 e. The van der Waals surface area contributed by atoms with Crippen LogP contribution in [0.5, 0.6) is 5.75 Å². The Hall–Kier alpha value is -1.40. The summed E-state index contributed by atoms with van der Waals surface area (Å²) in [7, 11) is 2.71. The molecule has 3 rings (SSSR count). The van der Waals surface area contributed by atoms with Gasteiger partial charge in [0.15, 0.2) is 0 Å². The first-order chi connectivity index (χ1) is 9.16. The Labute approximate surface area is 114 Å². The standard InChI is InChI=1S/C16H16FOP/c17-14-8-9-15(19)13-3-1-2-12(16(13)14)10-4-6-11(18)7-5-10/h4-9,12,18H,1-3,19H2. The third kappa shape index (κ3) is 2.26. The van der Waals surface area contributed by atoms with Crippen LogP contribution in [-0.4, -0.2) is 5.11 Å². The molecule has 0 radical (unpaired) electrons. The quantitative estimate of drug-likeness (QED) is 0.789. The highest BCUT2D eigenvalue weighted by Crippen LogP contribution is 2.38. The Morgan fingerprint density at radius 2 is 1.84 bits per heavy atom. The van der Waals surface area contributed by atoms with E-state index in [0.29, 0.717) is 0 Å². The molecule has 2 unspecified atom stereocenters. The highest BCUT2D eigenvalue weighted by atomic mass is 31.0. The zero-order valence-corrected chi connectivity index (χ0v) is 11.7. The highest BCUT2D eigenvalue weighted by molar-refractivity contribution is 7.27. The van der Waals surface area contributed by atoms with Crippen LogP contribution in [0.25, 0.3) is 0 Å². The van der Waals surface area contributed by atoms with Crippen LogP contribution in [0.2, 0.25) is 0 Å². The summed E-state index contributed by atoms with van der Waals surface area (Å²) in [6.45, 7) is 0. The van der Waals surface area contributed by atoms with E-state index in [1.807, 2.05) is 18.2 Å². The third-order valence-electron chi connectivity index (χ3n) is 3.90. The van der Waals surface area contributed by atoms with Crippen LogP contribution in [0, 0.1) is 5.82 Å². The number of fused-ring (bicyclic) bond motifs is 1. The maximum atomic E-state index is 14.2. The number of phenolic OH excluding ortho intramolecular Hbond substituents is 1. The lowest BCUT2D eigenvalue weighted by atomic mass is 9.78. The minimum Gasteiger partial charge on any atom is -0.508 e. The van der Waals surface area contributed by atoms with Crippen LogP contribution in [0.3, 0.4) is 0 Å². The molecule has 0 aliphatic heterocycles. The number of aromatic hydroxyl groups is 1. The summed E-state index contributed by atoms with van der Waals surface area (Å²) < 4.78 is 14.2. The van der Waals surface area contributed by atoms with E-state index in [4.69, 9.17) is 0 Å². The fourth-order valence-electron chi connectivity index (χ4n) is 2.98. The van der Waals surface area contributed by atoms with E-state index in [0.717, 1.165) is 41.3 Å². The summed E-state index contributed by atoms with van der Waals surface area (Å²) in [5, 5.41) is 10.5. The molecular weight excluding hydrogens is 258 g/mol. The first-order valence-electron chi connectivity index (χ1n) is 6.52. The van der Waals surface area contributed by atoms with Crippen molar-refractivity contribution in [1.29, 1.82) is 0 Å². The number of hydrogen-bond donors (Lipinski definition) is 1. The Kier molecular flexibility index (Phi) is 3.28. The largest absolute Gasteiger partial charge is 0.508 e. The lowest BCUT2D eigenvalue weighted by Gasteiger charge is -2.27. The van der Waals surface area contributed by atoms with Gasteiger partial charge in [0.2, 0.25) is 0 Å². The molecule has 19 heavy (non-hydrogen) atoms. The van der Waals surface area contributed by atoms with Crippen LogP contribution in [0.4, 0.5) is 4.39 Å². The molecule has 2 aromatic carbocycles. The summed E-state index contributed by atoms with van der Waals surface area (Å²) in [6.07, 6.45) is 2.98. The van der Waals surface area contributed by atoms with Crippen LogP contribution in [0.15, 0.2) is 36.4 Å². The highest BCUT2D eigenvalue weighted by Gasteiger charge is 2.26. The molecule has 1 nitrogen and oxygen atoms in total. The molecule has 1 N–H and O–H groups in total. The van der Waals surface area contributed by atoms with Gasteiger partial charge in [0, 0.05) is 5.92 Å². The predicted molar refractivity (Wildman–Crippen MR) is 78.6 cm³/mol. The first-order valence-corrected chi connectivity index (χ1v) is 7.10. The molecule has 0 spiro atoms. The average molecular weight is 274 g/mol. The third-order valence-corrected chi connectivity index (χ3v) is 4.44. The van der Waals surface area contributed by atoms with E-state index in [2.05, 4.69) is 9.24 Å². The molecule has 1 aliphatic rings. The Morgan fingerprint density at radius 3 is 2.58 bits per heavy atom. The second-order valence-electron chi connectivity index (χ2n) is 5.07. The van der Waals surface area contributed by atoms with E-state index < -0.39 is 0 Å². The molecule has 0 heterocycles. The second-order valence-corrected chi connectivity index (χ2v) is 5.69. The van der Waals surface area contributed by atoms with Crippen molar-refractivity contribution in [2.75, 3.05) is 0 Å². The predicted octanol–water partition coefficient (Wildman–Crippen LogP) is 3.50. The van der Waals surface area contributed by atoms with E-state index in [1.54, 1.807) is 18.2 Å². The summed E-state index contributed by atoms with van der Waals surface area (Å²) in [5.41, 5.74) is 3.05. The Balaban J connectivity index is 2.12. The van der Waals surface area contributed by atoms with Crippen molar-refractivity contribution < 1.29 is 9.50 Å². The molecule has 0 bridgehead atoms. The maximum absolute atomic E-state index is 14.2. The number of benzene rings is 2. The first kappa shape index (κ1) is 12.6. The van der Waals surface area contributed by atoms with E-state index >= 15 is 0 Å². The Bertz CT molecular complexity index is 607. The van der Waals surface area contributed by atoms with Crippen molar-refractivity contribution in [3.05, 3.63) is 58.9 Å². The van der Waals surface area contributed by atoms with Crippen LogP contribution >= 0.6 is 9.24 Å². The van der Waals surface area contributed by atoms with Gasteiger partial charge in [0.25, 0.3) is 0 Å². The Morgan fingerprint density at radius 1 is 1.11 bits per heavy atom. The molecule has 98 valence electrons. The molecule has 3 heteroatoms. The molecule has 2 atom stereocenters. The summed E-state index contributed by atoms with van der Waals surface area (Å²) in [6, 6.07) is 10.5. The monoisotopic (exact) mass is 274 g/mol. The molecule has 0 fully saturated rings. The van der Waals surface area contributed by atoms with Gasteiger partial charge in [-0.15, -0.1) is 9.24 Å². The van der Waals surface area contributed by atoms with Gasteiger partial charge in [-0.2, -0.15) is 0 Å². The average Bonchev–Trinajstić information content (AvgIpc) is 2.43. The van der Waals surface area contributed by atoms with Crippen molar-refractivity contribution in [2.45, 2.75) is 25.2 Å². The van der Waals surface area contributed by atoms with Crippen LogP contribution in [-0.2, 0) is 6.42 Å². The minimum absolute atomic E-state index is 0.102. The number of hydrogen-bond acceptors (Lipinski definition) is 1. The lowest BCUT2D eigenvalue weighted by Crippen LogP contribution is -2.18. The van der Waals surface area contributed by atoms with E-state index in [1.165, 1.54) is 0 Å². The van der Waals surface area contributed by atoms with Crippen molar-refractivity contribution in [1.82, 2.24) is 0 Å². The SMILES string of the molecule is Oc1ccc(C2CCCc3c(P)ccc(F)c32)cc1. The van der Waals surface area contributed by atoms with Crippen molar-refractivity contribution in [3.63, 3.8) is 0 Å². The van der Waals surface area contributed by atoms with Crippen molar-refractivity contribution in [2.24, 2.45) is 0 Å². The van der Waals surface area contributed by atoms with Gasteiger partial charge < -0.3 is 5.11 Å². The fourth-order valence-corrected chi connectivity index (χ4v) is 3.37. The number of halogens is 1. The zero-order valence-electron chi connectivity index (χ0n) is 10.6. The molecule has 1 aliphatic carbocycles. The summed E-state index contributed by atoms with van der Waals surface area (Å²) >= 11 is 0. The summed E-state index contributed by atoms with van der Waals surface area (Å²) in [5.74, 6) is 0.240. The van der Waals surface area contributed by atoms with Gasteiger partial charge in [0.05, 0.1) is 0 Å². The van der Waals surface area contributed by atoms with Gasteiger partial charge in [-0.1, -0.05) is 18.2 Å². The molecule has 0 amide bonds. The molecule has 0 saturated heterocycles. The van der Waals surface area contributed by atoms with Crippen LogP contribution < -0.4 is 5.30 Å². The van der Waals surface area contributed by atoms with Gasteiger partial charge in [-0.25, -0.2) is 4.39 Å². The van der Waals surface area contributed by atoms with Gasteiger partial charge in [-0.05, 0) is 59.5 Å². The lowest BCUT2D eigenvalue weighted by molar-refractivity contribution is 0.474. The molecule has 0 aromatic heterocycles. The topological polar surface area (TPSA) is 20.2 Å². The molecule has 2 aromatic rings. The van der Waals surface area contributed by atoms with Crippen LogP contribution in [0.1, 0.15) is 35.4 Å². The maximum Gasteiger partial charge on any atom is 0.127 e. The molecular formula is C16H16FOP. The van der Waals surface area contributed by atoms with E-state index in [-0.39, 0.29) is 17.5 Å². The van der Waals surface area contributed by atoms with Crippen molar-refractivity contribution >= 4 is 14.5 Å².